The van der Waals surface area contributed by atoms with Crippen LogP contribution in [0.2, 0.25) is 0 Å². The van der Waals surface area contributed by atoms with Crippen LogP contribution >= 0.6 is 0 Å². The summed E-state index contributed by atoms with van der Waals surface area (Å²) >= 11 is 0. The second-order valence-electron chi connectivity index (χ2n) is 6.38. The average Bonchev–Trinajstić information content (AvgIpc) is 2.83. The summed E-state index contributed by atoms with van der Waals surface area (Å²) in [6.07, 6.45) is 1.12. The minimum atomic E-state index is -0.167. The Morgan fingerprint density at radius 1 is 1.33 bits per heavy atom. The SMILES string of the molecule is CC(C)CNC(=O)C(C)NCc1ccc2c(c1)CCN2C. The molecule has 0 radical (unpaired) electrons. The third-order valence-corrected chi connectivity index (χ3v) is 3.96. The monoisotopic (exact) mass is 289 g/mol. The molecule has 4 heteroatoms. The van der Waals surface area contributed by atoms with Crippen LogP contribution in [0.5, 0.6) is 0 Å². The number of anilines is 1. The van der Waals surface area contributed by atoms with E-state index in [1.54, 1.807) is 0 Å². The first kappa shape index (κ1) is 15.8. The molecule has 0 bridgehead atoms. The van der Waals surface area contributed by atoms with E-state index in [1.165, 1.54) is 16.8 Å². The Balaban J connectivity index is 1.84. The van der Waals surface area contributed by atoms with Gasteiger partial charge in [-0.15, -0.1) is 0 Å². The molecule has 2 rings (SSSR count). The van der Waals surface area contributed by atoms with Crippen LogP contribution < -0.4 is 15.5 Å². The molecule has 1 unspecified atom stereocenters. The normalized spacial score (nSPS) is 15.2. The van der Waals surface area contributed by atoms with Crippen LogP contribution in [0.15, 0.2) is 18.2 Å². The Labute approximate surface area is 127 Å². The number of nitrogens with zero attached hydrogens (tertiary/aromatic N) is 1. The first-order valence-electron chi connectivity index (χ1n) is 7.81. The lowest BCUT2D eigenvalue weighted by molar-refractivity contribution is -0.122. The predicted octanol–water partition coefficient (Wildman–Crippen LogP) is 1.93. The van der Waals surface area contributed by atoms with Gasteiger partial charge in [-0.25, -0.2) is 0 Å². The van der Waals surface area contributed by atoms with Crippen molar-refractivity contribution >= 4 is 11.6 Å². The van der Waals surface area contributed by atoms with Gasteiger partial charge in [0.2, 0.25) is 5.91 Å². The van der Waals surface area contributed by atoms with E-state index < -0.39 is 0 Å². The van der Waals surface area contributed by atoms with E-state index in [-0.39, 0.29) is 11.9 Å². The highest BCUT2D eigenvalue weighted by molar-refractivity contribution is 5.81. The lowest BCUT2D eigenvalue weighted by Crippen LogP contribution is -2.42. The van der Waals surface area contributed by atoms with Crippen LogP contribution in [0.1, 0.15) is 31.9 Å². The summed E-state index contributed by atoms with van der Waals surface area (Å²) < 4.78 is 0. The number of hydrogen-bond acceptors (Lipinski definition) is 3. The first-order valence-corrected chi connectivity index (χ1v) is 7.81. The Kier molecular flexibility index (Phi) is 5.23. The molecule has 1 amide bonds. The Bertz CT molecular complexity index is 499. The van der Waals surface area contributed by atoms with Crippen molar-refractivity contribution in [2.75, 3.05) is 25.0 Å². The number of fused-ring (bicyclic) bond motifs is 1. The fourth-order valence-corrected chi connectivity index (χ4v) is 2.55. The van der Waals surface area contributed by atoms with Crippen molar-refractivity contribution in [3.8, 4) is 0 Å². The van der Waals surface area contributed by atoms with E-state index in [2.05, 4.69) is 54.6 Å². The smallest absolute Gasteiger partial charge is 0.236 e. The molecule has 1 aliphatic rings. The maximum absolute atomic E-state index is 11.9. The number of amides is 1. The first-order chi connectivity index (χ1) is 9.97. The molecule has 0 saturated carbocycles. The summed E-state index contributed by atoms with van der Waals surface area (Å²) in [7, 11) is 2.13. The Morgan fingerprint density at radius 3 is 2.81 bits per heavy atom. The molecule has 1 aromatic rings. The molecular formula is C17H27N3O. The highest BCUT2D eigenvalue weighted by Crippen LogP contribution is 2.27. The van der Waals surface area contributed by atoms with Crippen molar-refractivity contribution in [3.05, 3.63) is 29.3 Å². The lowest BCUT2D eigenvalue weighted by atomic mass is 10.1. The number of benzene rings is 1. The molecule has 21 heavy (non-hydrogen) atoms. The van der Waals surface area contributed by atoms with E-state index >= 15 is 0 Å². The van der Waals surface area contributed by atoms with Gasteiger partial charge in [-0.2, -0.15) is 0 Å². The number of carbonyl (C=O) groups is 1. The second kappa shape index (κ2) is 6.94. The number of nitrogens with one attached hydrogen (secondary N) is 2. The van der Waals surface area contributed by atoms with Crippen LogP contribution in [-0.4, -0.2) is 32.1 Å². The molecule has 1 atom stereocenters. The second-order valence-corrected chi connectivity index (χ2v) is 6.38. The summed E-state index contributed by atoms with van der Waals surface area (Å²) in [5.74, 6) is 0.555. The van der Waals surface area contributed by atoms with Crippen LogP contribution in [0.25, 0.3) is 0 Å². The quantitative estimate of drug-likeness (QED) is 0.841. The zero-order valence-corrected chi connectivity index (χ0v) is 13.6. The molecule has 0 aromatic heterocycles. The summed E-state index contributed by atoms with van der Waals surface area (Å²) in [6, 6.07) is 6.42. The predicted molar refractivity (Wildman–Crippen MR) is 87.6 cm³/mol. The number of carbonyl (C=O) groups excluding carboxylic acids is 1. The van der Waals surface area contributed by atoms with Gasteiger partial charge < -0.3 is 15.5 Å². The van der Waals surface area contributed by atoms with Crippen molar-refractivity contribution < 1.29 is 4.79 Å². The highest BCUT2D eigenvalue weighted by Gasteiger charge is 2.16. The standard InChI is InChI=1S/C17H27N3O/c1-12(2)10-19-17(21)13(3)18-11-14-5-6-16-15(9-14)7-8-20(16)4/h5-6,9,12-13,18H,7-8,10-11H2,1-4H3,(H,19,21). The fraction of sp³-hybridized carbons (Fsp3) is 0.588. The molecule has 2 N–H and O–H groups in total. The molecule has 1 aliphatic heterocycles. The minimum absolute atomic E-state index is 0.0737. The topological polar surface area (TPSA) is 44.4 Å². The molecule has 0 saturated heterocycles. The summed E-state index contributed by atoms with van der Waals surface area (Å²) in [6.45, 7) is 8.67. The largest absolute Gasteiger partial charge is 0.374 e. The van der Waals surface area contributed by atoms with E-state index in [0.29, 0.717) is 5.92 Å². The number of likely N-dealkylation sites (N-methyl/N-ethyl adjacent to an activating group) is 1. The van der Waals surface area contributed by atoms with Crippen molar-refractivity contribution in [3.63, 3.8) is 0 Å². The molecule has 4 nitrogen and oxygen atoms in total. The van der Waals surface area contributed by atoms with Gasteiger partial charge in [-0.1, -0.05) is 26.0 Å². The third-order valence-electron chi connectivity index (χ3n) is 3.96. The van der Waals surface area contributed by atoms with Gasteiger partial charge in [0.1, 0.15) is 0 Å². The maximum Gasteiger partial charge on any atom is 0.236 e. The summed E-state index contributed by atoms with van der Waals surface area (Å²) in [5, 5.41) is 6.26. The van der Waals surface area contributed by atoms with Gasteiger partial charge in [0.15, 0.2) is 0 Å². The van der Waals surface area contributed by atoms with Crippen LogP contribution in [0.3, 0.4) is 0 Å². The molecule has 1 heterocycles. The van der Waals surface area contributed by atoms with E-state index in [9.17, 15) is 4.79 Å². The van der Waals surface area contributed by atoms with Crippen molar-refractivity contribution in [1.29, 1.82) is 0 Å². The van der Waals surface area contributed by atoms with Crippen LogP contribution in [-0.2, 0) is 17.8 Å². The molecule has 1 aromatic carbocycles. The number of hydrogen-bond donors (Lipinski definition) is 2. The molecule has 0 fully saturated rings. The van der Waals surface area contributed by atoms with Crippen molar-refractivity contribution in [1.82, 2.24) is 10.6 Å². The van der Waals surface area contributed by atoms with Gasteiger partial charge in [0.05, 0.1) is 6.04 Å². The van der Waals surface area contributed by atoms with Crippen LogP contribution in [0.4, 0.5) is 5.69 Å². The average molecular weight is 289 g/mol. The van der Waals surface area contributed by atoms with Gasteiger partial charge in [0.25, 0.3) is 0 Å². The molecular weight excluding hydrogens is 262 g/mol. The Hall–Kier alpha value is -1.55. The molecule has 0 spiro atoms. The third kappa shape index (κ3) is 4.21. The van der Waals surface area contributed by atoms with Crippen molar-refractivity contribution in [2.24, 2.45) is 5.92 Å². The summed E-state index contributed by atoms with van der Waals surface area (Å²) in [4.78, 5) is 14.2. The van der Waals surface area contributed by atoms with Crippen molar-refractivity contribution in [2.45, 2.75) is 39.8 Å². The Morgan fingerprint density at radius 2 is 2.10 bits per heavy atom. The fourth-order valence-electron chi connectivity index (χ4n) is 2.55. The zero-order valence-electron chi connectivity index (χ0n) is 13.6. The molecule has 0 aliphatic carbocycles. The molecule has 116 valence electrons. The number of rotatable bonds is 6. The van der Waals surface area contributed by atoms with E-state index in [1.807, 2.05) is 6.92 Å². The van der Waals surface area contributed by atoms with Gasteiger partial charge >= 0.3 is 0 Å². The zero-order chi connectivity index (χ0) is 15.4. The highest BCUT2D eigenvalue weighted by atomic mass is 16.2. The van der Waals surface area contributed by atoms with Gasteiger partial charge in [-0.3, -0.25) is 4.79 Å². The van der Waals surface area contributed by atoms with E-state index in [0.717, 1.165) is 26.1 Å². The van der Waals surface area contributed by atoms with Crippen LogP contribution in [0, 0.1) is 5.92 Å². The maximum atomic E-state index is 11.9. The lowest BCUT2D eigenvalue weighted by Gasteiger charge is -2.16. The minimum Gasteiger partial charge on any atom is -0.374 e. The summed E-state index contributed by atoms with van der Waals surface area (Å²) in [5.41, 5.74) is 3.99. The van der Waals surface area contributed by atoms with E-state index in [4.69, 9.17) is 0 Å². The van der Waals surface area contributed by atoms with Gasteiger partial charge in [-0.05, 0) is 36.5 Å². The van der Waals surface area contributed by atoms with Gasteiger partial charge in [0, 0.05) is 32.4 Å².